The Morgan fingerprint density at radius 3 is 2.38 bits per heavy atom. The first-order chi connectivity index (χ1) is 19.7. The second-order valence-corrected chi connectivity index (χ2v) is 14.2. The molecule has 0 bridgehead atoms. The van der Waals surface area contributed by atoms with Gasteiger partial charge in [0.25, 0.3) is 15.9 Å². The number of esters is 1. The standard InChI is InChI=1S/C28H41N5O7S2/c1-8-9-10-21-23(16-29-31-21)42(37,38)33(25(34)24-30-28(4,5)17-41-24)22(26(35)39-18(2)3)15-19-11-13-20(14-12-19)40-27(36)32(6)7/h11-14,16,18,22,24,30H,8-10,15,17H2,1-7H3,(H,29,31)/t22-,24-/m0/s1. The fourth-order valence-electron chi connectivity index (χ4n) is 4.26. The van der Waals surface area contributed by atoms with Crippen molar-refractivity contribution in [1.82, 2.24) is 24.7 Å². The van der Waals surface area contributed by atoms with Gasteiger partial charge in [0.1, 0.15) is 22.1 Å². The molecule has 1 saturated heterocycles. The molecule has 2 heterocycles. The quantitative estimate of drug-likeness (QED) is 0.337. The minimum Gasteiger partial charge on any atom is -0.461 e. The molecule has 14 heteroatoms. The molecule has 2 amide bonds. The minimum absolute atomic E-state index is 0.153. The van der Waals surface area contributed by atoms with Crippen LogP contribution >= 0.6 is 11.8 Å². The molecule has 2 N–H and O–H groups in total. The van der Waals surface area contributed by atoms with Gasteiger partial charge in [0, 0.05) is 31.8 Å². The lowest BCUT2D eigenvalue weighted by molar-refractivity contribution is -0.155. The number of hydrogen-bond donors (Lipinski definition) is 2. The number of unbranched alkanes of at least 4 members (excludes halogenated alkanes) is 1. The molecule has 0 radical (unpaired) electrons. The summed E-state index contributed by atoms with van der Waals surface area (Å²) in [7, 11) is -1.45. The largest absolute Gasteiger partial charge is 0.461 e. The molecular weight excluding hydrogens is 582 g/mol. The highest BCUT2D eigenvalue weighted by Crippen LogP contribution is 2.32. The predicted octanol–water partition coefficient (Wildman–Crippen LogP) is 3.33. The van der Waals surface area contributed by atoms with Crippen molar-refractivity contribution < 1.29 is 32.3 Å². The van der Waals surface area contributed by atoms with Crippen LogP contribution in [0.15, 0.2) is 35.4 Å². The van der Waals surface area contributed by atoms with Gasteiger partial charge in [0.2, 0.25) is 0 Å². The normalized spacial score (nSPS) is 17.1. The molecule has 0 unspecified atom stereocenters. The average molecular weight is 624 g/mol. The number of ether oxygens (including phenoxy) is 2. The number of amides is 2. The zero-order valence-electron chi connectivity index (χ0n) is 25.2. The van der Waals surface area contributed by atoms with Gasteiger partial charge in [0.05, 0.1) is 18.0 Å². The van der Waals surface area contributed by atoms with E-state index in [0.717, 1.165) is 6.42 Å². The zero-order valence-corrected chi connectivity index (χ0v) is 26.8. The fraction of sp³-hybridized carbons (Fsp3) is 0.571. The van der Waals surface area contributed by atoms with Crippen LogP contribution in [0, 0.1) is 0 Å². The maximum Gasteiger partial charge on any atom is 0.414 e. The second kappa shape index (κ2) is 13.9. The highest BCUT2D eigenvalue weighted by molar-refractivity contribution is 8.01. The third-order valence-corrected chi connectivity index (χ3v) is 9.80. The van der Waals surface area contributed by atoms with Gasteiger partial charge in [-0.25, -0.2) is 22.3 Å². The maximum atomic E-state index is 14.3. The number of nitrogens with zero attached hydrogens (tertiary/aromatic N) is 3. The molecule has 232 valence electrons. The third-order valence-electron chi connectivity index (χ3n) is 6.40. The summed E-state index contributed by atoms with van der Waals surface area (Å²) >= 11 is 1.28. The van der Waals surface area contributed by atoms with Crippen LogP contribution in [0.1, 0.15) is 58.7 Å². The number of aromatic nitrogens is 2. The van der Waals surface area contributed by atoms with E-state index in [-0.39, 0.29) is 17.1 Å². The summed E-state index contributed by atoms with van der Waals surface area (Å²) in [5.74, 6) is -0.785. The van der Waals surface area contributed by atoms with E-state index in [1.54, 1.807) is 40.1 Å². The van der Waals surface area contributed by atoms with Gasteiger partial charge in [-0.2, -0.15) is 5.10 Å². The molecule has 0 spiro atoms. The fourth-order valence-corrected chi connectivity index (χ4v) is 7.35. The van der Waals surface area contributed by atoms with Crippen molar-refractivity contribution in [2.75, 3.05) is 19.8 Å². The Hall–Kier alpha value is -3.10. The Bertz CT molecular complexity index is 1360. The lowest BCUT2D eigenvalue weighted by Crippen LogP contribution is -2.56. The van der Waals surface area contributed by atoms with Crippen LogP contribution in [0.25, 0.3) is 0 Å². The molecule has 1 aliphatic rings. The summed E-state index contributed by atoms with van der Waals surface area (Å²) in [6.45, 7) is 9.12. The number of benzene rings is 1. The number of sulfonamides is 1. The van der Waals surface area contributed by atoms with Crippen molar-refractivity contribution in [2.24, 2.45) is 0 Å². The number of hydrogen-bond acceptors (Lipinski definition) is 10. The van der Waals surface area contributed by atoms with Gasteiger partial charge < -0.3 is 14.4 Å². The van der Waals surface area contributed by atoms with E-state index in [1.807, 2.05) is 20.8 Å². The van der Waals surface area contributed by atoms with Crippen LogP contribution in [0.2, 0.25) is 0 Å². The van der Waals surface area contributed by atoms with E-state index in [0.29, 0.717) is 34.2 Å². The van der Waals surface area contributed by atoms with E-state index < -0.39 is 51.1 Å². The first-order valence-electron chi connectivity index (χ1n) is 13.8. The highest BCUT2D eigenvalue weighted by atomic mass is 32.2. The molecule has 1 aromatic carbocycles. The Morgan fingerprint density at radius 2 is 1.83 bits per heavy atom. The van der Waals surface area contributed by atoms with Gasteiger partial charge in [-0.05, 0) is 58.2 Å². The molecule has 3 rings (SSSR count). The molecular formula is C28H41N5O7S2. The monoisotopic (exact) mass is 623 g/mol. The van der Waals surface area contributed by atoms with E-state index >= 15 is 0 Å². The van der Waals surface area contributed by atoms with E-state index in [4.69, 9.17) is 9.47 Å². The molecule has 1 aromatic heterocycles. The minimum atomic E-state index is -4.57. The summed E-state index contributed by atoms with van der Waals surface area (Å²) in [4.78, 5) is 40.8. The summed E-state index contributed by atoms with van der Waals surface area (Å²) in [6, 6.07) is 4.79. The second-order valence-electron chi connectivity index (χ2n) is 11.3. The van der Waals surface area contributed by atoms with Crippen molar-refractivity contribution in [3.63, 3.8) is 0 Å². The lowest BCUT2D eigenvalue weighted by atomic mass is 10.1. The molecule has 42 heavy (non-hydrogen) atoms. The Morgan fingerprint density at radius 1 is 1.17 bits per heavy atom. The Balaban J connectivity index is 2.08. The van der Waals surface area contributed by atoms with Crippen LogP contribution in [-0.2, 0) is 37.2 Å². The van der Waals surface area contributed by atoms with Crippen molar-refractivity contribution in [3.05, 3.63) is 41.7 Å². The third kappa shape index (κ3) is 8.26. The van der Waals surface area contributed by atoms with Crippen LogP contribution in [0.3, 0.4) is 0 Å². The Kier molecular flexibility index (Phi) is 11.1. The smallest absolute Gasteiger partial charge is 0.414 e. The van der Waals surface area contributed by atoms with E-state index in [9.17, 15) is 22.8 Å². The summed E-state index contributed by atoms with van der Waals surface area (Å²) in [6.07, 6.45) is 1.83. The number of nitrogens with one attached hydrogen (secondary N) is 2. The van der Waals surface area contributed by atoms with Crippen molar-refractivity contribution >= 4 is 39.8 Å². The summed E-state index contributed by atoms with van der Waals surface area (Å²) in [5, 5.41) is 9.00. The summed E-state index contributed by atoms with van der Waals surface area (Å²) < 4.78 is 40.1. The first kappa shape index (κ1) is 33.4. The molecule has 0 aliphatic carbocycles. The van der Waals surface area contributed by atoms with Crippen LogP contribution in [0.4, 0.5) is 4.79 Å². The first-order valence-corrected chi connectivity index (χ1v) is 16.3. The molecule has 1 aliphatic heterocycles. The van der Waals surface area contributed by atoms with Gasteiger partial charge in [-0.1, -0.05) is 25.5 Å². The molecule has 0 saturated carbocycles. The number of thioether (sulfide) groups is 1. The van der Waals surface area contributed by atoms with Gasteiger partial charge in [-0.3, -0.25) is 15.2 Å². The Labute approximate surface area is 251 Å². The van der Waals surface area contributed by atoms with Crippen molar-refractivity contribution in [3.8, 4) is 5.75 Å². The van der Waals surface area contributed by atoms with Crippen LogP contribution in [0.5, 0.6) is 5.75 Å². The SMILES string of the molecule is CCCCc1[nH]ncc1S(=O)(=O)N(C(=O)[C@H]1NC(C)(C)CS1)[C@@H](Cc1ccc(OC(=O)N(C)C)cc1)C(=O)OC(C)C. The van der Waals surface area contributed by atoms with E-state index in [2.05, 4.69) is 15.5 Å². The van der Waals surface area contributed by atoms with Gasteiger partial charge >= 0.3 is 12.1 Å². The number of rotatable bonds is 12. The average Bonchev–Trinajstić information content (AvgIpc) is 3.53. The number of aryl methyl sites for hydroxylation is 1. The predicted molar refractivity (Wildman–Crippen MR) is 160 cm³/mol. The molecule has 1 fully saturated rings. The van der Waals surface area contributed by atoms with Crippen LogP contribution < -0.4 is 10.1 Å². The number of carbonyl (C=O) groups is 3. The number of H-pyrrole nitrogens is 1. The van der Waals surface area contributed by atoms with Crippen LogP contribution in [-0.4, -0.2) is 88.7 Å². The van der Waals surface area contributed by atoms with Gasteiger partial charge in [0.15, 0.2) is 0 Å². The van der Waals surface area contributed by atoms with Gasteiger partial charge in [-0.15, -0.1) is 11.8 Å². The maximum absolute atomic E-state index is 14.3. The molecule has 12 nitrogen and oxygen atoms in total. The summed E-state index contributed by atoms with van der Waals surface area (Å²) in [5.41, 5.74) is 0.477. The topological polar surface area (TPSA) is 151 Å². The highest BCUT2D eigenvalue weighted by Gasteiger charge is 2.47. The van der Waals surface area contributed by atoms with Crippen molar-refractivity contribution in [1.29, 1.82) is 0 Å². The number of aromatic amines is 1. The lowest BCUT2D eigenvalue weighted by Gasteiger charge is -2.32. The molecule has 2 atom stereocenters. The zero-order chi connectivity index (χ0) is 31.2. The molecule has 2 aromatic rings. The van der Waals surface area contributed by atoms with E-state index in [1.165, 1.54) is 35.0 Å². The number of carbonyl (C=O) groups excluding carboxylic acids is 3. The van der Waals surface area contributed by atoms with Crippen molar-refractivity contribution in [2.45, 2.75) is 88.3 Å².